The minimum atomic E-state index is -0.820. The van der Waals surface area contributed by atoms with E-state index in [0.29, 0.717) is 31.7 Å². The lowest BCUT2D eigenvalue weighted by Gasteiger charge is -2.25. The Balaban J connectivity index is 1.83. The second kappa shape index (κ2) is 9.79. The lowest BCUT2D eigenvalue weighted by molar-refractivity contribution is -0.144. The molecule has 1 fully saturated rings. The number of carbonyl (C=O) groups is 3. The van der Waals surface area contributed by atoms with Crippen molar-refractivity contribution in [1.82, 2.24) is 10.6 Å². The zero-order valence-corrected chi connectivity index (χ0v) is 15.0. The molecule has 0 aliphatic heterocycles. The van der Waals surface area contributed by atoms with Crippen molar-refractivity contribution >= 4 is 17.8 Å². The van der Waals surface area contributed by atoms with Crippen molar-refractivity contribution in [3.63, 3.8) is 0 Å². The molecule has 2 rings (SSSR count). The Hall–Kier alpha value is -2.57. The summed E-state index contributed by atoms with van der Waals surface area (Å²) in [4.78, 5) is 34.9. The molecule has 1 saturated carbocycles. The summed E-state index contributed by atoms with van der Waals surface area (Å²) in [6.07, 6.45) is 2.53. The molecule has 2 amide bonds. The van der Waals surface area contributed by atoms with Crippen molar-refractivity contribution in [1.29, 1.82) is 0 Å². The monoisotopic (exact) mass is 362 g/mol. The molecular weight excluding hydrogens is 336 g/mol. The molecule has 0 radical (unpaired) electrons. The van der Waals surface area contributed by atoms with Crippen LogP contribution in [0.2, 0.25) is 0 Å². The van der Waals surface area contributed by atoms with Crippen LogP contribution in [-0.4, -0.2) is 36.0 Å². The third kappa shape index (κ3) is 6.06. The van der Waals surface area contributed by atoms with Crippen LogP contribution in [0.15, 0.2) is 24.3 Å². The van der Waals surface area contributed by atoms with Crippen LogP contribution in [-0.2, 0) is 20.9 Å². The fraction of sp³-hybridized carbons (Fsp3) is 0.526. The first-order chi connectivity index (χ1) is 12.5. The van der Waals surface area contributed by atoms with Gasteiger partial charge in [-0.3, -0.25) is 14.4 Å². The van der Waals surface area contributed by atoms with Gasteiger partial charge in [-0.15, -0.1) is 0 Å². The van der Waals surface area contributed by atoms with E-state index in [0.717, 1.165) is 18.4 Å². The molecule has 1 aromatic rings. The van der Waals surface area contributed by atoms with E-state index in [2.05, 4.69) is 10.6 Å². The van der Waals surface area contributed by atoms with Gasteiger partial charge >= 0.3 is 5.97 Å². The highest BCUT2D eigenvalue weighted by molar-refractivity contribution is 5.80. The van der Waals surface area contributed by atoms with Crippen LogP contribution in [0, 0.1) is 11.8 Å². The number of carboxylic acid groups (broad SMARTS) is 1. The maximum atomic E-state index is 12.3. The summed E-state index contributed by atoms with van der Waals surface area (Å²) in [6.45, 7) is 2.68. The van der Waals surface area contributed by atoms with E-state index in [1.807, 2.05) is 13.0 Å². The molecule has 1 aliphatic rings. The van der Waals surface area contributed by atoms with Crippen molar-refractivity contribution in [3.05, 3.63) is 29.8 Å². The summed E-state index contributed by atoms with van der Waals surface area (Å²) >= 11 is 0. The topological polar surface area (TPSA) is 105 Å². The lowest BCUT2D eigenvalue weighted by Crippen LogP contribution is -2.35. The number of carbonyl (C=O) groups excluding carboxylic acids is 2. The minimum Gasteiger partial charge on any atom is -0.484 e. The number of rotatable bonds is 8. The largest absolute Gasteiger partial charge is 0.484 e. The van der Waals surface area contributed by atoms with Gasteiger partial charge in [0, 0.05) is 19.0 Å². The summed E-state index contributed by atoms with van der Waals surface area (Å²) in [5, 5.41) is 14.7. The Kier molecular flexibility index (Phi) is 7.44. The highest BCUT2D eigenvalue weighted by Crippen LogP contribution is 2.29. The Labute approximate surface area is 153 Å². The van der Waals surface area contributed by atoms with Crippen molar-refractivity contribution in [3.8, 4) is 5.75 Å². The molecule has 142 valence electrons. The first-order valence-corrected chi connectivity index (χ1v) is 8.98. The fourth-order valence-corrected chi connectivity index (χ4v) is 3.13. The number of hydrogen-bond donors (Lipinski definition) is 3. The fourth-order valence-electron chi connectivity index (χ4n) is 3.13. The number of ether oxygens (including phenoxy) is 1. The Morgan fingerprint density at radius 2 is 1.96 bits per heavy atom. The number of amides is 2. The van der Waals surface area contributed by atoms with E-state index in [1.165, 1.54) is 0 Å². The van der Waals surface area contributed by atoms with Gasteiger partial charge < -0.3 is 20.5 Å². The number of hydrogen-bond acceptors (Lipinski definition) is 4. The van der Waals surface area contributed by atoms with Crippen molar-refractivity contribution in [2.24, 2.45) is 11.8 Å². The third-order valence-electron chi connectivity index (χ3n) is 4.50. The molecule has 26 heavy (non-hydrogen) atoms. The molecule has 0 saturated heterocycles. The zero-order chi connectivity index (χ0) is 18.9. The molecule has 7 nitrogen and oxygen atoms in total. The third-order valence-corrected chi connectivity index (χ3v) is 4.50. The zero-order valence-electron chi connectivity index (χ0n) is 15.0. The molecule has 7 heteroatoms. The van der Waals surface area contributed by atoms with E-state index in [-0.39, 0.29) is 24.3 Å². The number of benzene rings is 1. The van der Waals surface area contributed by atoms with Crippen molar-refractivity contribution < 1.29 is 24.2 Å². The predicted octanol–water partition coefficient (Wildman–Crippen LogP) is 1.71. The standard InChI is InChI=1S/C19H26N2O5/c1-2-20-17(22)12-26-16-8-3-5-13(9-16)11-21-18(23)14-6-4-7-15(10-14)19(24)25/h3,5,8-9,14-15H,2,4,6-7,10-12H2,1H3,(H,20,22)(H,21,23)(H,24,25). The molecule has 0 heterocycles. The van der Waals surface area contributed by atoms with Crippen LogP contribution in [0.4, 0.5) is 0 Å². The predicted molar refractivity (Wildman–Crippen MR) is 95.6 cm³/mol. The molecule has 1 aliphatic carbocycles. The SMILES string of the molecule is CCNC(=O)COc1cccc(CNC(=O)C2CCCC(C(=O)O)C2)c1. The van der Waals surface area contributed by atoms with Gasteiger partial charge in [-0.05, 0) is 43.9 Å². The second-order valence-electron chi connectivity index (χ2n) is 6.51. The summed E-state index contributed by atoms with van der Waals surface area (Å²) < 4.78 is 5.43. The molecular formula is C19H26N2O5. The summed E-state index contributed by atoms with van der Waals surface area (Å²) in [5.74, 6) is -1.22. The van der Waals surface area contributed by atoms with E-state index in [9.17, 15) is 14.4 Å². The maximum Gasteiger partial charge on any atom is 0.306 e. The average Bonchev–Trinajstić information content (AvgIpc) is 2.65. The summed E-state index contributed by atoms with van der Waals surface area (Å²) in [6, 6.07) is 7.19. The van der Waals surface area contributed by atoms with Gasteiger partial charge in [0.1, 0.15) is 5.75 Å². The molecule has 2 atom stereocenters. The van der Waals surface area contributed by atoms with Gasteiger partial charge in [-0.2, -0.15) is 0 Å². The number of likely N-dealkylation sites (N-methyl/N-ethyl adjacent to an activating group) is 1. The normalized spacial score (nSPS) is 19.4. The van der Waals surface area contributed by atoms with Crippen LogP contribution in [0.3, 0.4) is 0 Å². The van der Waals surface area contributed by atoms with E-state index in [4.69, 9.17) is 9.84 Å². The van der Waals surface area contributed by atoms with Crippen molar-refractivity contribution in [2.75, 3.05) is 13.2 Å². The van der Waals surface area contributed by atoms with E-state index >= 15 is 0 Å². The van der Waals surface area contributed by atoms with Gasteiger partial charge in [0.15, 0.2) is 6.61 Å². The Morgan fingerprint density at radius 3 is 2.69 bits per heavy atom. The second-order valence-corrected chi connectivity index (χ2v) is 6.51. The molecule has 0 spiro atoms. The lowest BCUT2D eigenvalue weighted by atomic mass is 9.81. The van der Waals surface area contributed by atoms with Gasteiger partial charge in [0.05, 0.1) is 5.92 Å². The number of carboxylic acids is 1. The highest BCUT2D eigenvalue weighted by Gasteiger charge is 2.30. The van der Waals surface area contributed by atoms with Gasteiger partial charge in [-0.25, -0.2) is 0 Å². The first-order valence-electron chi connectivity index (χ1n) is 8.98. The quantitative estimate of drug-likeness (QED) is 0.653. The smallest absolute Gasteiger partial charge is 0.306 e. The number of aliphatic carboxylic acids is 1. The van der Waals surface area contributed by atoms with E-state index < -0.39 is 11.9 Å². The van der Waals surface area contributed by atoms with Crippen molar-refractivity contribution in [2.45, 2.75) is 39.2 Å². The van der Waals surface area contributed by atoms with Crippen LogP contribution in [0.25, 0.3) is 0 Å². The van der Waals surface area contributed by atoms with Gasteiger partial charge in [0.2, 0.25) is 5.91 Å². The minimum absolute atomic E-state index is 0.0533. The molecule has 1 aromatic carbocycles. The molecule has 0 aromatic heterocycles. The van der Waals surface area contributed by atoms with E-state index in [1.54, 1.807) is 18.2 Å². The number of nitrogens with one attached hydrogen (secondary N) is 2. The average molecular weight is 362 g/mol. The molecule has 3 N–H and O–H groups in total. The Morgan fingerprint density at radius 1 is 1.19 bits per heavy atom. The van der Waals surface area contributed by atoms with Crippen LogP contribution in [0.1, 0.15) is 38.2 Å². The Bertz CT molecular complexity index is 647. The summed E-state index contributed by atoms with van der Waals surface area (Å²) in [5.41, 5.74) is 0.859. The van der Waals surface area contributed by atoms with Gasteiger partial charge in [-0.1, -0.05) is 18.6 Å². The highest BCUT2D eigenvalue weighted by atomic mass is 16.5. The van der Waals surface area contributed by atoms with Gasteiger partial charge in [0.25, 0.3) is 5.91 Å². The van der Waals surface area contributed by atoms with Crippen LogP contribution < -0.4 is 15.4 Å². The van der Waals surface area contributed by atoms with Crippen LogP contribution in [0.5, 0.6) is 5.75 Å². The first kappa shape index (κ1) is 19.8. The molecule has 2 unspecified atom stereocenters. The van der Waals surface area contributed by atoms with Crippen LogP contribution >= 0.6 is 0 Å². The summed E-state index contributed by atoms with van der Waals surface area (Å²) in [7, 11) is 0. The molecule has 0 bridgehead atoms. The maximum absolute atomic E-state index is 12.3.